The number of aromatic amines is 1. The number of aromatic nitrogens is 3. The molecule has 1 aromatic carbocycles. The van der Waals surface area contributed by atoms with Crippen LogP contribution in [0, 0.1) is 6.92 Å². The Labute approximate surface area is 117 Å². The second-order valence-corrected chi connectivity index (χ2v) is 5.33. The van der Waals surface area contributed by atoms with Crippen molar-refractivity contribution in [3.05, 3.63) is 23.8 Å². The molecule has 20 heavy (non-hydrogen) atoms. The molecule has 1 aromatic heterocycles. The van der Waals surface area contributed by atoms with E-state index in [0.717, 1.165) is 37.1 Å². The Morgan fingerprint density at radius 2 is 2.30 bits per heavy atom. The number of benzene rings is 1. The molecule has 2 heterocycles. The van der Waals surface area contributed by atoms with Crippen molar-refractivity contribution in [3.63, 3.8) is 0 Å². The highest BCUT2D eigenvalue weighted by atomic mass is 16.3. The minimum Gasteiger partial charge on any atom is -0.508 e. The number of piperidine rings is 1. The number of aromatic hydroxyl groups is 1. The van der Waals surface area contributed by atoms with E-state index in [1.165, 1.54) is 0 Å². The van der Waals surface area contributed by atoms with Gasteiger partial charge in [-0.3, -0.25) is 5.10 Å². The zero-order valence-electron chi connectivity index (χ0n) is 11.5. The van der Waals surface area contributed by atoms with E-state index in [0.29, 0.717) is 11.8 Å². The van der Waals surface area contributed by atoms with Crippen LogP contribution in [0.3, 0.4) is 0 Å². The maximum absolute atomic E-state index is 9.56. The summed E-state index contributed by atoms with van der Waals surface area (Å²) in [7, 11) is 0. The molecule has 6 nitrogen and oxygen atoms in total. The lowest BCUT2D eigenvalue weighted by atomic mass is 10.1. The number of aryl methyl sites for hydroxylation is 1. The van der Waals surface area contributed by atoms with Gasteiger partial charge in [-0.05, 0) is 43.5 Å². The zero-order chi connectivity index (χ0) is 14.1. The van der Waals surface area contributed by atoms with Gasteiger partial charge in [0.1, 0.15) is 5.75 Å². The quantitative estimate of drug-likeness (QED) is 0.769. The van der Waals surface area contributed by atoms with Gasteiger partial charge in [-0.15, -0.1) is 5.10 Å². The molecule has 1 aliphatic rings. The molecule has 4 N–H and O–H groups in total. The molecular formula is C14H19N5O. The lowest BCUT2D eigenvalue weighted by Crippen LogP contribution is -2.43. The molecule has 1 saturated heterocycles. The SMILES string of the molecule is Cc1cc(-c2nc(N3CCCC(N)C3)n[nH]2)ccc1O. The normalized spacial score (nSPS) is 19.3. The second-order valence-electron chi connectivity index (χ2n) is 5.33. The van der Waals surface area contributed by atoms with Crippen LogP contribution in [0.2, 0.25) is 0 Å². The standard InChI is InChI=1S/C14H19N5O/c1-9-7-10(4-5-12(9)20)13-16-14(18-17-13)19-6-2-3-11(15)8-19/h4-5,7,11,20H,2-3,6,8,15H2,1H3,(H,16,17,18). The van der Waals surface area contributed by atoms with Crippen LogP contribution in [0.4, 0.5) is 5.95 Å². The molecule has 0 spiro atoms. The minimum atomic E-state index is 0.196. The average Bonchev–Trinajstić information content (AvgIpc) is 2.92. The van der Waals surface area contributed by atoms with Crippen LogP contribution in [0.15, 0.2) is 18.2 Å². The van der Waals surface area contributed by atoms with Crippen LogP contribution in [-0.2, 0) is 0 Å². The Hall–Kier alpha value is -2.08. The summed E-state index contributed by atoms with van der Waals surface area (Å²) in [5.41, 5.74) is 7.72. The molecule has 0 amide bonds. The number of nitrogens with two attached hydrogens (primary N) is 1. The summed E-state index contributed by atoms with van der Waals surface area (Å²) in [6, 6.07) is 5.58. The Morgan fingerprint density at radius 3 is 3.05 bits per heavy atom. The molecule has 0 radical (unpaired) electrons. The third-order valence-corrected chi connectivity index (χ3v) is 3.68. The summed E-state index contributed by atoms with van der Waals surface area (Å²) in [4.78, 5) is 6.64. The van der Waals surface area contributed by atoms with Crippen molar-refractivity contribution < 1.29 is 5.11 Å². The predicted octanol–water partition coefficient (Wildman–Crippen LogP) is 1.41. The van der Waals surface area contributed by atoms with E-state index < -0.39 is 0 Å². The number of nitrogens with one attached hydrogen (secondary N) is 1. The smallest absolute Gasteiger partial charge is 0.245 e. The summed E-state index contributed by atoms with van der Waals surface area (Å²) in [5, 5.41) is 16.8. The van der Waals surface area contributed by atoms with E-state index in [1.807, 2.05) is 19.1 Å². The van der Waals surface area contributed by atoms with E-state index in [2.05, 4.69) is 20.1 Å². The number of hydrogen-bond donors (Lipinski definition) is 3. The van der Waals surface area contributed by atoms with Gasteiger partial charge < -0.3 is 15.7 Å². The summed E-state index contributed by atoms with van der Waals surface area (Å²) in [5.74, 6) is 1.69. The van der Waals surface area contributed by atoms with E-state index in [4.69, 9.17) is 5.73 Å². The van der Waals surface area contributed by atoms with Crippen LogP contribution >= 0.6 is 0 Å². The van der Waals surface area contributed by atoms with Crippen molar-refractivity contribution in [3.8, 4) is 17.1 Å². The molecule has 1 fully saturated rings. The van der Waals surface area contributed by atoms with Gasteiger partial charge in [0.15, 0.2) is 5.82 Å². The Morgan fingerprint density at radius 1 is 1.45 bits per heavy atom. The maximum atomic E-state index is 9.56. The highest BCUT2D eigenvalue weighted by molar-refractivity contribution is 5.59. The van der Waals surface area contributed by atoms with E-state index in [-0.39, 0.29) is 11.8 Å². The fourth-order valence-electron chi connectivity index (χ4n) is 2.52. The summed E-state index contributed by atoms with van der Waals surface area (Å²) in [6.45, 7) is 3.60. The Kier molecular flexibility index (Phi) is 3.31. The van der Waals surface area contributed by atoms with E-state index >= 15 is 0 Å². The molecule has 106 valence electrons. The summed E-state index contributed by atoms with van der Waals surface area (Å²) >= 11 is 0. The van der Waals surface area contributed by atoms with E-state index in [1.54, 1.807) is 6.07 Å². The van der Waals surface area contributed by atoms with Crippen LogP contribution in [0.5, 0.6) is 5.75 Å². The lowest BCUT2D eigenvalue weighted by molar-refractivity contribution is 0.471. The minimum absolute atomic E-state index is 0.196. The van der Waals surface area contributed by atoms with Crippen molar-refractivity contribution in [1.82, 2.24) is 15.2 Å². The van der Waals surface area contributed by atoms with Gasteiger partial charge in [-0.1, -0.05) is 0 Å². The third kappa shape index (κ3) is 2.46. The van der Waals surface area contributed by atoms with Gasteiger partial charge >= 0.3 is 0 Å². The van der Waals surface area contributed by atoms with Crippen LogP contribution in [0.1, 0.15) is 18.4 Å². The second kappa shape index (κ2) is 5.13. The molecule has 1 aliphatic heterocycles. The van der Waals surface area contributed by atoms with Gasteiger partial charge in [0, 0.05) is 24.7 Å². The molecule has 1 unspecified atom stereocenters. The van der Waals surface area contributed by atoms with Gasteiger partial charge in [0.25, 0.3) is 0 Å². The van der Waals surface area contributed by atoms with Crippen molar-refractivity contribution in [2.75, 3.05) is 18.0 Å². The largest absolute Gasteiger partial charge is 0.508 e. The van der Waals surface area contributed by atoms with E-state index in [9.17, 15) is 5.11 Å². The van der Waals surface area contributed by atoms with Gasteiger partial charge in [0.05, 0.1) is 0 Å². The molecule has 3 rings (SSSR count). The number of phenolic OH excluding ortho intramolecular Hbond substituents is 1. The maximum Gasteiger partial charge on any atom is 0.245 e. The molecular weight excluding hydrogens is 254 g/mol. The van der Waals surface area contributed by atoms with Gasteiger partial charge in [-0.25, -0.2) is 0 Å². The number of anilines is 1. The molecule has 2 aromatic rings. The van der Waals surface area contributed by atoms with Gasteiger partial charge in [0.2, 0.25) is 5.95 Å². The van der Waals surface area contributed by atoms with Gasteiger partial charge in [-0.2, -0.15) is 4.98 Å². The number of nitrogens with zero attached hydrogens (tertiary/aromatic N) is 3. The number of rotatable bonds is 2. The Balaban J connectivity index is 1.84. The first-order valence-electron chi connectivity index (χ1n) is 6.86. The molecule has 1 atom stereocenters. The summed E-state index contributed by atoms with van der Waals surface area (Å²) in [6.07, 6.45) is 2.13. The fraction of sp³-hybridized carbons (Fsp3) is 0.429. The van der Waals surface area contributed by atoms with Crippen LogP contribution < -0.4 is 10.6 Å². The highest BCUT2D eigenvalue weighted by Crippen LogP contribution is 2.24. The van der Waals surface area contributed by atoms with Crippen molar-refractivity contribution in [2.24, 2.45) is 5.73 Å². The molecule has 0 saturated carbocycles. The Bertz CT molecular complexity index is 609. The average molecular weight is 273 g/mol. The van der Waals surface area contributed by atoms with Crippen molar-refractivity contribution >= 4 is 5.95 Å². The van der Waals surface area contributed by atoms with Crippen LogP contribution in [0.25, 0.3) is 11.4 Å². The monoisotopic (exact) mass is 273 g/mol. The zero-order valence-corrected chi connectivity index (χ0v) is 11.5. The molecule has 0 bridgehead atoms. The number of phenols is 1. The first kappa shape index (κ1) is 12.9. The first-order valence-corrected chi connectivity index (χ1v) is 6.86. The predicted molar refractivity (Wildman–Crippen MR) is 77.6 cm³/mol. The highest BCUT2D eigenvalue weighted by Gasteiger charge is 2.20. The van der Waals surface area contributed by atoms with Crippen LogP contribution in [-0.4, -0.2) is 39.4 Å². The molecule has 6 heteroatoms. The number of H-pyrrole nitrogens is 1. The topological polar surface area (TPSA) is 91.1 Å². The number of hydrogen-bond acceptors (Lipinski definition) is 5. The molecule has 0 aliphatic carbocycles. The van der Waals surface area contributed by atoms with Crippen molar-refractivity contribution in [2.45, 2.75) is 25.8 Å². The fourth-order valence-corrected chi connectivity index (χ4v) is 2.52. The third-order valence-electron chi connectivity index (χ3n) is 3.68. The first-order chi connectivity index (χ1) is 9.63. The summed E-state index contributed by atoms with van der Waals surface area (Å²) < 4.78 is 0. The lowest BCUT2D eigenvalue weighted by Gasteiger charge is -2.29. The van der Waals surface area contributed by atoms with Crippen molar-refractivity contribution in [1.29, 1.82) is 0 Å².